The Balaban J connectivity index is 1.62. The molecule has 1 aliphatic rings. The Hall–Kier alpha value is -2.90. The van der Waals surface area contributed by atoms with E-state index in [4.69, 9.17) is 9.51 Å². The van der Waals surface area contributed by atoms with Crippen LogP contribution in [0.2, 0.25) is 0 Å². The van der Waals surface area contributed by atoms with Gasteiger partial charge in [0, 0.05) is 35.6 Å². The molecule has 4 aromatic rings. The molecule has 1 saturated carbocycles. The van der Waals surface area contributed by atoms with Crippen LogP contribution < -0.4 is 5.46 Å². The molecule has 0 atom stereocenters. The highest BCUT2D eigenvalue weighted by Crippen LogP contribution is 2.35. The Bertz CT molecular complexity index is 1220. The topological polar surface area (TPSA) is 84.3 Å². The molecule has 0 radical (unpaired) electrons. The van der Waals surface area contributed by atoms with Crippen LogP contribution in [0, 0.1) is 19.8 Å². The molecule has 0 saturated heterocycles. The van der Waals surface area contributed by atoms with Gasteiger partial charge in [-0.1, -0.05) is 48.7 Å². The molecular formula is C25H28BN3O3. The maximum absolute atomic E-state index is 9.44. The van der Waals surface area contributed by atoms with Gasteiger partial charge in [0.15, 0.2) is 0 Å². The van der Waals surface area contributed by atoms with Crippen molar-refractivity contribution < 1.29 is 14.6 Å². The zero-order chi connectivity index (χ0) is 22.2. The number of fused-ring (bicyclic) bond motifs is 1. The van der Waals surface area contributed by atoms with E-state index in [0.717, 1.165) is 51.3 Å². The van der Waals surface area contributed by atoms with E-state index < -0.39 is 7.12 Å². The second-order valence-corrected chi connectivity index (χ2v) is 8.99. The van der Waals surface area contributed by atoms with Gasteiger partial charge in [0.1, 0.15) is 5.76 Å². The van der Waals surface area contributed by atoms with E-state index in [1.807, 2.05) is 32.2 Å². The summed E-state index contributed by atoms with van der Waals surface area (Å²) in [5.74, 6) is 1.48. The summed E-state index contributed by atoms with van der Waals surface area (Å²) in [4.78, 5) is 4.88. The molecule has 3 aromatic heterocycles. The van der Waals surface area contributed by atoms with Gasteiger partial charge in [-0.2, -0.15) is 0 Å². The number of aryl methyl sites for hydroxylation is 2. The fourth-order valence-electron chi connectivity index (χ4n) is 5.04. The Morgan fingerprint density at radius 3 is 2.47 bits per heavy atom. The summed E-state index contributed by atoms with van der Waals surface area (Å²) in [5.41, 5.74) is 7.50. The quantitative estimate of drug-likeness (QED) is 0.464. The summed E-state index contributed by atoms with van der Waals surface area (Å²) in [6.07, 6.45) is 10.6. The monoisotopic (exact) mass is 429 g/mol. The van der Waals surface area contributed by atoms with Crippen LogP contribution in [0.5, 0.6) is 0 Å². The largest absolute Gasteiger partial charge is 0.488 e. The lowest BCUT2D eigenvalue weighted by Gasteiger charge is -2.22. The number of rotatable bonds is 5. The minimum Gasteiger partial charge on any atom is -0.423 e. The first-order valence-corrected chi connectivity index (χ1v) is 11.4. The molecule has 1 fully saturated rings. The SMILES string of the molecule is Cc1noc(C)c1-c1cnc2c(-c3ccc(B(O)O)cc3)cn(CC3CCCCC3)c2c1. The highest BCUT2D eigenvalue weighted by Gasteiger charge is 2.20. The van der Waals surface area contributed by atoms with Crippen LogP contribution >= 0.6 is 0 Å². The summed E-state index contributed by atoms with van der Waals surface area (Å²) in [5, 5.41) is 23.0. The lowest BCUT2D eigenvalue weighted by atomic mass is 9.80. The maximum Gasteiger partial charge on any atom is 0.488 e. The number of pyridine rings is 1. The third-order valence-corrected chi connectivity index (χ3v) is 6.74. The Labute approximate surface area is 188 Å². The van der Waals surface area contributed by atoms with Crippen molar-refractivity contribution in [3.05, 3.63) is 54.2 Å². The summed E-state index contributed by atoms with van der Waals surface area (Å²) < 4.78 is 7.74. The summed E-state index contributed by atoms with van der Waals surface area (Å²) >= 11 is 0. The number of aromatic nitrogens is 3. The van der Waals surface area contributed by atoms with Crippen molar-refractivity contribution >= 4 is 23.6 Å². The second kappa shape index (κ2) is 8.56. The van der Waals surface area contributed by atoms with Gasteiger partial charge >= 0.3 is 7.12 Å². The van der Waals surface area contributed by atoms with Gasteiger partial charge in [0.2, 0.25) is 0 Å². The van der Waals surface area contributed by atoms with Crippen molar-refractivity contribution in [3.63, 3.8) is 0 Å². The smallest absolute Gasteiger partial charge is 0.423 e. The molecule has 0 unspecified atom stereocenters. The van der Waals surface area contributed by atoms with E-state index in [1.165, 1.54) is 32.1 Å². The lowest BCUT2D eigenvalue weighted by molar-refractivity contribution is 0.323. The zero-order valence-corrected chi connectivity index (χ0v) is 18.6. The van der Waals surface area contributed by atoms with Gasteiger partial charge < -0.3 is 19.1 Å². The van der Waals surface area contributed by atoms with Gasteiger partial charge in [-0.25, -0.2) is 0 Å². The van der Waals surface area contributed by atoms with E-state index >= 15 is 0 Å². The highest BCUT2D eigenvalue weighted by atomic mass is 16.5. The first-order valence-electron chi connectivity index (χ1n) is 11.4. The van der Waals surface area contributed by atoms with Crippen LogP contribution in [0.1, 0.15) is 43.6 Å². The van der Waals surface area contributed by atoms with Crippen molar-refractivity contribution in [2.45, 2.75) is 52.5 Å². The number of hydrogen-bond donors (Lipinski definition) is 2. The predicted molar refractivity (Wildman–Crippen MR) is 127 cm³/mol. The lowest BCUT2D eigenvalue weighted by Crippen LogP contribution is -2.29. The van der Waals surface area contributed by atoms with Crippen LogP contribution in [0.3, 0.4) is 0 Å². The van der Waals surface area contributed by atoms with Gasteiger partial charge in [0.05, 0.1) is 16.7 Å². The molecule has 1 aliphatic carbocycles. The zero-order valence-electron chi connectivity index (χ0n) is 18.6. The van der Waals surface area contributed by atoms with Crippen LogP contribution in [-0.2, 0) is 6.54 Å². The first kappa shape index (κ1) is 21.0. The third kappa shape index (κ3) is 3.87. The normalized spacial score (nSPS) is 14.9. The van der Waals surface area contributed by atoms with Crippen molar-refractivity contribution in [2.75, 3.05) is 0 Å². The average molecular weight is 429 g/mol. The van der Waals surface area contributed by atoms with Crippen LogP contribution in [0.4, 0.5) is 0 Å². The second-order valence-electron chi connectivity index (χ2n) is 8.99. The highest BCUT2D eigenvalue weighted by molar-refractivity contribution is 6.58. The van der Waals surface area contributed by atoms with Crippen molar-refractivity contribution in [3.8, 4) is 22.3 Å². The molecule has 1 aromatic carbocycles. The van der Waals surface area contributed by atoms with Gasteiger partial charge in [0.25, 0.3) is 0 Å². The standard InChI is InChI=1S/C25H28BN3O3/c1-16-24(17(2)32-28-16)20-12-23-25(27-13-20)22(19-8-10-21(11-9-19)26(30)31)15-29(23)14-18-6-4-3-5-7-18/h8-13,15,18,30-31H,3-7,14H2,1-2H3. The van der Waals surface area contributed by atoms with E-state index in [2.05, 4.69) is 22.0 Å². The van der Waals surface area contributed by atoms with Gasteiger partial charge in [-0.05, 0) is 49.7 Å². The summed E-state index contributed by atoms with van der Waals surface area (Å²) in [7, 11) is -1.47. The minimum absolute atomic E-state index is 0.480. The van der Waals surface area contributed by atoms with Gasteiger partial charge in [-0.15, -0.1) is 0 Å². The average Bonchev–Trinajstić information content (AvgIpc) is 3.33. The summed E-state index contributed by atoms with van der Waals surface area (Å²) in [6, 6.07) is 9.56. The Morgan fingerprint density at radius 2 is 1.81 bits per heavy atom. The summed E-state index contributed by atoms with van der Waals surface area (Å²) in [6.45, 7) is 4.87. The van der Waals surface area contributed by atoms with E-state index in [1.54, 1.807) is 12.1 Å². The number of nitrogens with zero attached hydrogens (tertiary/aromatic N) is 3. The molecule has 32 heavy (non-hydrogen) atoms. The first-order chi connectivity index (χ1) is 15.5. The van der Waals surface area contributed by atoms with Crippen molar-refractivity contribution in [2.24, 2.45) is 5.92 Å². The molecule has 2 N–H and O–H groups in total. The molecule has 3 heterocycles. The maximum atomic E-state index is 9.44. The molecule has 164 valence electrons. The number of benzene rings is 1. The molecular weight excluding hydrogens is 401 g/mol. The fourth-order valence-corrected chi connectivity index (χ4v) is 5.04. The molecule has 0 aliphatic heterocycles. The van der Waals surface area contributed by atoms with E-state index in [9.17, 15) is 10.0 Å². The fraction of sp³-hybridized carbons (Fsp3) is 0.360. The molecule has 0 spiro atoms. The molecule has 7 heteroatoms. The number of hydrogen-bond acceptors (Lipinski definition) is 5. The minimum atomic E-state index is -1.47. The molecule has 0 amide bonds. The Morgan fingerprint density at radius 1 is 1.06 bits per heavy atom. The molecule has 0 bridgehead atoms. The molecule has 5 rings (SSSR count). The third-order valence-electron chi connectivity index (χ3n) is 6.74. The van der Waals surface area contributed by atoms with Crippen molar-refractivity contribution in [1.29, 1.82) is 0 Å². The van der Waals surface area contributed by atoms with Crippen LogP contribution in [0.15, 0.2) is 47.2 Å². The van der Waals surface area contributed by atoms with E-state index in [0.29, 0.717) is 11.4 Å². The van der Waals surface area contributed by atoms with Crippen LogP contribution in [0.25, 0.3) is 33.3 Å². The molecule has 6 nitrogen and oxygen atoms in total. The predicted octanol–water partition coefficient (Wildman–Crippen LogP) is 4.24. The van der Waals surface area contributed by atoms with Gasteiger partial charge in [-0.3, -0.25) is 4.98 Å². The van der Waals surface area contributed by atoms with Crippen molar-refractivity contribution in [1.82, 2.24) is 14.7 Å². The Kier molecular flexibility index (Phi) is 5.61. The van der Waals surface area contributed by atoms with E-state index in [-0.39, 0.29) is 0 Å². The van der Waals surface area contributed by atoms with Crippen LogP contribution in [-0.4, -0.2) is 31.9 Å².